The average molecular weight is 430 g/mol. The van der Waals surface area contributed by atoms with E-state index in [2.05, 4.69) is 20.6 Å². The normalized spacial score (nSPS) is 10.4. The summed E-state index contributed by atoms with van der Waals surface area (Å²) in [5.41, 5.74) is 1.35. The van der Waals surface area contributed by atoms with Crippen LogP contribution in [-0.4, -0.2) is 35.3 Å². The first-order valence-corrected chi connectivity index (χ1v) is 9.86. The standard InChI is InChI=1S/C19H19FN6O3S/c1-25(30-3)15-7-5-4-6-13(15)23-18-10-19(22-11-21-18)24-14-9-16(26(27)28)12(20)8-17(14)29-2/h4-11H,1-3H3,(H2,21,22,23,24). The summed E-state index contributed by atoms with van der Waals surface area (Å²) in [5.74, 6) is -0.0208. The lowest BCUT2D eigenvalue weighted by Crippen LogP contribution is -2.08. The van der Waals surface area contributed by atoms with Crippen LogP contribution < -0.4 is 19.7 Å². The number of nitro groups is 1. The molecule has 0 atom stereocenters. The molecular formula is C19H19FN6O3S. The highest BCUT2D eigenvalue weighted by Gasteiger charge is 2.19. The van der Waals surface area contributed by atoms with Crippen LogP contribution in [0.1, 0.15) is 0 Å². The number of benzene rings is 2. The Bertz CT molecular complexity index is 1070. The van der Waals surface area contributed by atoms with Gasteiger partial charge in [-0.1, -0.05) is 24.1 Å². The highest BCUT2D eigenvalue weighted by Crippen LogP contribution is 2.34. The van der Waals surface area contributed by atoms with Gasteiger partial charge in [0.1, 0.15) is 23.7 Å². The maximum Gasteiger partial charge on any atom is 0.307 e. The van der Waals surface area contributed by atoms with E-state index in [1.54, 1.807) is 18.0 Å². The molecule has 0 amide bonds. The third-order valence-electron chi connectivity index (χ3n) is 4.18. The molecule has 0 aliphatic rings. The number of aromatic nitrogens is 2. The van der Waals surface area contributed by atoms with Crippen molar-refractivity contribution >= 4 is 46.3 Å². The zero-order valence-corrected chi connectivity index (χ0v) is 17.2. The first-order chi connectivity index (χ1) is 14.4. The first-order valence-electron chi connectivity index (χ1n) is 8.67. The van der Waals surface area contributed by atoms with Crippen molar-refractivity contribution in [1.82, 2.24) is 9.97 Å². The Kier molecular flexibility index (Phi) is 6.52. The quantitative estimate of drug-likeness (QED) is 0.298. The van der Waals surface area contributed by atoms with E-state index in [1.807, 2.05) is 41.9 Å². The minimum Gasteiger partial charge on any atom is -0.494 e. The van der Waals surface area contributed by atoms with E-state index in [0.717, 1.165) is 23.5 Å². The second kappa shape index (κ2) is 9.27. The van der Waals surface area contributed by atoms with Gasteiger partial charge in [0.05, 0.1) is 29.1 Å². The molecule has 3 aromatic rings. The van der Waals surface area contributed by atoms with Crippen molar-refractivity contribution in [3.05, 3.63) is 64.7 Å². The summed E-state index contributed by atoms with van der Waals surface area (Å²) in [5, 5.41) is 17.2. The van der Waals surface area contributed by atoms with Crippen LogP contribution in [0.3, 0.4) is 0 Å². The maximum absolute atomic E-state index is 13.9. The van der Waals surface area contributed by atoms with Gasteiger partial charge < -0.3 is 19.7 Å². The van der Waals surface area contributed by atoms with E-state index in [4.69, 9.17) is 4.74 Å². The number of hydrogen-bond acceptors (Lipinski definition) is 9. The second-order valence-corrected chi connectivity index (χ2v) is 6.91. The van der Waals surface area contributed by atoms with Crippen LogP contribution in [0.4, 0.5) is 38.8 Å². The summed E-state index contributed by atoms with van der Waals surface area (Å²) in [4.78, 5) is 18.6. The van der Waals surface area contributed by atoms with Gasteiger partial charge >= 0.3 is 5.69 Å². The molecule has 0 saturated carbocycles. The molecule has 0 bridgehead atoms. The summed E-state index contributed by atoms with van der Waals surface area (Å²) < 4.78 is 21.0. The Morgan fingerprint density at radius 1 is 1.13 bits per heavy atom. The van der Waals surface area contributed by atoms with Crippen molar-refractivity contribution in [2.24, 2.45) is 0 Å². The van der Waals surface area contributed by atoms with E-state index < -0.39 is 16.4 Å². The third-order valence-corrected chi connectivity index (χ3v) is 4.92. The van der Waals surface area contributed by atoms with Crippen LogP contribution in [0, 0.1) is 15.9 Å². The average Bonchev–Trinajstić information content (AvgIpc) is 2.74. The van der Waals surface area contributed by atoms with Gasteiger partial charge in [-0.15, -0.1) is 0 Å². The lowest BCUT2D eigenvalue weighted by atomic mass is 10.2. The molecule has 2 N–H and O–H groups in total. The third kappa shape index (κ3) is 4.69. The zero-order chi connectivity index (χ0) is 21.7. The zero-order valence-electron chi connectivity index (χ0n) is 16.4. The highest BCUT2D eigenvalue weighted by molar-refractivity contribution is 7.99. The lowest BCUT2D eigenvalue weighted by Gasteiger charge is -2.20. The Labute approximate surface area is 176 Å². The van der Waals surface area contributed by atoms with Crippen LogP contribution in [-0.2, 0) is 0 Å². The van der Waals surface area contributed by atoms with Crippen molar-refractivity contribution < 1.29 is 14.1 Å². The Morgan fingerprint density at radius 3 is 2.43 bits per heavy atom. The summed E-state index contributed by atoms with van der Waals surface area (Å²) in [6.07, 6.45) is 3.31. The van der Waals surface area contributed by atoms with Crippen LogP contribution in [0.5, 0.6) is 5.75 Å². The molecule has 0 aliphatic carbocycles. The Balaban J connectivity index is 1.89. The topological polar surface area (TPSA) is 105 Å². The summed E-state index contributed by atoms with van der Waals surface area (Å²) in [7, 11) is 3.30. The molecule has 2 aromatic carbocycles. The van der Waals surface area contributed by atoms with E-state index in [-0.39, 0.29) is 11.4 Å². The van der Waals surface area contributed by atoms with Crippen molar-refractivity contribution in [1.29, 1.82) is 0 Å². The number of nitrogens with one attached hydrogen (secondary N) is 2. The van der Waals surface area contributed by atoms with Gasteiger partial charge in [0.25, 0.3) is 0 Å². The number of nitro benzene ring substituents is 1. The summed E-state index contributed by atoms with van der Waals surface area (Å²) in [6, 6.07) is 11.4. The fraction of sp³-hybridized carbons (Fsp3) is 0.158. The number of ether oxygens (including phenoxy) is 1. The van der Waals surface area contributed by atoms with E-state index in [0.29, 0.717) is 11.6 Å². The molecule has 156 valence electrons. The monoisotopic (exact) mass is 430 g/mol. The molecule has 0 spiro atoms. The number of hydrogen-bond donors (Lipinski definition) is 2. The molecule has 1 aromatic heterocycles. The van der Waals surface area contributed by atoms with E-state index in [1.165, 1.54) is 13.4 Å². The molecule has 11 heteroatoms. The number of nitrogens with zero attached hydrogens (tertiary/aromatic N) is 4. The number of anilines is 5. The van der Waals surface area contributed by atoms with Crippen LogP contribution in [0.25, 0.3) is 0 Å². The van der Waals surface area contributed by atoms with Gasteiger partial charge in [-0.2, -0.15) is 4.39 Å². The van der Waals surface area contributed by atoms with Crippen molar-refractivity contribution in [2.45, 2.75) is 0 Å². The van der Waals surface area contributed by atoms with Crippen molar-refractivity contribution in [3.8, 4) is 5.75 Å². The van der Waals surface area contributed by atoms with Gasteiger partial charge in [-0.3, -0.25) is 10.1 Å². The minimum atomic E-state index is -0.984. The van der Waals surface area contributed by atoms with Crippen LogP contribution in [0.15, 0.2) is 48.8 Å². The van der Waals surface area contributed by atoms with Crippen molar-refractivity contribution in [3.63, 3.8) is 0 Å². The number of methoxy groups -OCH3 is 1. The number of para-hydroxylation sites is 2. The smallest absolute Gasteiger partial charge is 0.307 e. The summed E-state index contributed by atoms with van der Waals surface area (Å²) >= 11 is 1.57. The van der Waals surface area contributed by atoms with E-state index >= 15 is 0 Å². The molecule has 3 rings (SSSR count). The molecule has 0 fully saturated rings. The largest absolute Gasteiger partial charge is 0.494 e. The van der Waals surface area contributed by atoms with Gasteiger partial charge in [0, 0.05) is 31.5 Å². The number of halogens is 1. The molecule has 30 heavy (non-hydrogen) atoms. The predicted molar refractivity (Wildman–Crippen MR) is 117 cm³/mol. The SMILES string of the molecule is COc1cc(F)c([N+](=O)[O-])cc1Nc1cc(Nc2ccccc2N(C)SC)ncn1. The second-order valence-electron chi connectivity index (χ2n) is 6.00. The highest BCUT2D eigenvalue weighted by atomic mass is 32.2. The molecule has 9 nitrogen and oxygen atoms in total. The van der Waals surface area contributed by atoms with Gasteiger partial charge in [0.15, 0.2) is 0 Å². The van der Waals surface area contributed by atoms with Gasteiger partial charge in [-0.25, -0.2) is 9.97 Å². The Hall–Kier alpha value is -3.60. The molecule has 0 aliphatic heterocycles. The minimum absolute atomic E-state index is 0.109. The number of rotatable bonds is 8. The molecular weight excluding hydrogens is 411 g/mol. The maximum atomic E-state index is 13.9. The Morgan fingerprint density at radius 2 is 1.80 bits per heavy atom. The van der Waals surface area contributed by atoms with Crippen LogP contribution in [0.2, 0.25) is 0 Å². The molecule has 0 saturated heterocycles. The van der Waals surface area contributed by atoms with Gasteiger partial charge in [-0.05, 0) is 12.1 Å². The van der Waals surface area contributed by atoms with Crippen LogP contribution >= 0.6 is 11.9 Å². The predicted octanol–water partition coefficient (Wildman–Crippen LogP) is 4.73. The van der Waals surface area contributed by atoms with E-state index in [9.17, 15) is 14.5 Å². The molecule has 0 radical (unpaired) electrons. The summed E-state index contributed by atoms with van der Waals surface area (Å²) in [6.45, 7) is 0. The molecule has 0 unspecified atom stereocenters. The van der Waals surface area contributed by atoms with Crippen molar-refractivity contribution in [2.75, 3.05) is 35.4 Å². The fourth-order valence-corrected chi connectivity index (χ4v) is 3.03. The first kappa shape index (κ1) is 21.1. The fourth-order valence-electron chi connectivity index (χ4n) is 2.67. The lowest BCUT2D eigenvalue weighted by molar-refractivity contribution is -0.387. The van der Waals surface area contributed by atoms with Gasteiger partial charge in [0.2, 0.25) is 5.82 Å². The molecule has 1 heterocycles.